The van der Waals surface area contributed by atoms with Crippen LogP contribution in [0.2, 0.25) is 0 Å². The molecule has 2 heterocycles. The minimum absolute atomic E-state index is 0.116. The predicted octanol–water partition coefficient (Wildman–Crippen LogP) is 4.38. The average Bonchev–Trinajstić information content (AvgIpc) is 2.80. The zero-order chi connectivity index (χ0) is 22.5. The van der Waals surface area contributed by atoms with Crippen LogP contribution in [0.5, 0.6) is 5.75 Å². The number of carbonyl (C=O) groups is 2. The van der Waals surface area contributed by atoms with E-state index in [0.717, 1.165) is 29.3 Å². The number of methoxy groups -OCH3 is 1. The lowest BCUT2D eigenvalue weighted by molar-refractivity contribution is -0.112. The average molecular weight is 452 g/mol. The molecule has 0 aromatic heterocycles. The van der Waals surface area contributed by atoms with Crippen LogP contribution in [0, 0.1) is 0 Å². The Morgan fingerprint density at radius 2 is 2.16 bits per heavy atom. The van der Waals surface area contributed by atoms with Gasteiger partial charge >= 0.3 is 0 Å². The van der Waals surface area contributed by atoms with Gasteiger partial charge in [-0.05, 0) is 68.3 Å². The van der Waals surface area contributed by atoms with Gasteiger partial charge in [-0.1, -0.05) is 30.3 Å². The Morgan fingerprint density at radius 3 is 2.97 bits per heavy atom. The number of nitrogens with one attached hydrogen (secondary N) is 2. The van der Waals surface area contributed by atoms with Crippen LogP contribution in [0.3, 0.4) is 0 Å². The van der Waals surface area contributed by atoms with Crippen LogP contribution in [-0.4, -0.2) is 49.5 Å². The van der Waals surface area contributed by atoms with Crippen molar-refractivity contribution in [3.63, 3.8) is 0 Å². The Morgan fingerprint density at radius 1 is 1.28 bits per heavy atom. The molecule has 1 fully saturated rings. The van der Waals surface area contributed by atoms with Crippen LogP contribution < -0.4 is 15.4 Å². The summed E-state index contributed by atoms with van der Waals surface area (Å²) >= 11 is 1.40. The largest absolute Gasteiger partial charge is 0.497 e. The minimum atomic E-state index is -0.179. The number of hydrogen-bond donors (Lipinski definition) is 2. The molecule has 168 valence electrons. The van der Waals surface area contributed by atoms with Crippen molar-refractivity contribution in [3.8, 4) is 5.75 Å². The normalized spacial score (nSPS) is 19.9. The van der Waals surface area contributed by atoms with Gasteiger partial charge in [0, 0.05) is 29.6 Å². The third-order valence-corrected chi connectivity index (χ3v) is 7.05. The van der Waals surface area contributed by atoms with Crippen molar-refractivity contribution in [1.29, 1.82) is 0 Å². The molecule has 32 heavy (non-hydrogen) atoms. The van der Waals surface area contributed by atoms with Crippen molar-refractivity contribution < 1.29 is 14.3 Å². The Labute approximate surface area is 193 Å². The van der Waals surface area contributed by atoms with E-state index in [1.54, 1.807) is 13.2 Å². The molecule has 6 nitrogen and oxygen atoms in total. The molecular formula is C25H29N3O3S. The zero-order valence-electron chi connectivity index (χ0n) is 18.5. The number of likely N-dealkylation sites (tertiary alicyclic amines) is 1. The summed E-state index contributed by atoms with van der Waals surface area (Å²) in [5.74, 6) is 0.447. The van der Waals surface area contributed by atoms with Gasteiger partial charge in [-0.2, -0.15) is 0 Å². The van der Waals surface area contributed by atoms with Gasteiger partial charge < -0.3 is 15.4 Å². The van der Waals surface area contributed by atoms with Crippen LogP contribution in [0.1, 0.15) is 42.1 Å². The number of nitrogens with zero attached hydrogens (tertiary/aromatic N) is 1. The number of piperidine rings is 1. The summed E-state index contributed by atoms with van der Waals surface area (Å²) in [5.41, 5.74) is 2.11. The van der Waals surface area contributed by atoms with Gasteiger partial charge in [0.2, 0.25) is 0 Å². The molecule has 4 rings (SSSR count). The molecule has 2 aliphatic heterocycles. The highest BCUT2D eigenvalue weighted by Gasteiger charge is 2.23. The Balaban J connectivity index is 1.39. The van der Waals surface area contributed by atoms with Crippen LogP contribution in [0.4, 0.5) is 5.69 Å². The molecule has 7 heteroatoms. The molecule has 0 spiro atoms. The van der Waals surface area contributed by atoms with E-state index < -0.39 is 0 Å². The van der Waals surface area contributed by atoms with E-state index in [1.165, 1.54) is 31.0 Å². The summed E-state index contributed by atoms with van der Waals surface area (Å²) in [6, 6.07) is 13.6. The lowest BCUT2D eigenvalue weighted by Gasteiger charge is -2.33. The van der Waals surface area contributed by atoms with Gasteiger partial charge in [0.25, 0.3) is 11.8 Å². The summed E-state index contributed by atoms with van der Waals surface area (Å²) in [7, 11) is 1.62. The van der Waals surface area contributed by atoms with Gasteiger partial charge in [-0.3, -0.25) is 14.5 Å². The highest BCUT2D eigenvalue weighted by molar-refractivity contribution is 8.04. The van der Waals surface area contributed by atoms with Gasteiger partial charge in [0.15, 0.2) is 0 Å². The molecule has 2 N–H and O–H groups in total. The monoisotopic (exact) mass is 451 g/mol. The molecule has 0 radical (unpaired) electrons. The summed E-state index contributed by atoms with van der Waals surface area (Å²) in [5, 5.41) is 5.93. The number of anilines is 1. The SMILES string of the molecule is COc1cccc(/C=C2/Sc3ccc(C(=O)NCCN4CCCC[C@@H]4C)cc3NC2=O)c1. The summed E-state index contributed by atoms with van der Waals surface area (Å²) in [4.78, 5) is 29.2. The second-order valence-electron chi connectivity index (χ2n) is 8.19. The quantitative estimate of drug-likeness (QED) is 0.638. The van der Waals surface area contributed by atoms with Crippen molar-refractivity contribution in [1.82, 2.24) is 10.2 Å². The van der Waals surface area contributed by atoms with E-state index in [-0.39, 0.29) is 11.8 Å². The Kier molecular flexibility index (Phi) is 7.17. The molecule has 0 unspecified atom stereocenters. The summed E-state index contributed by atoms with van der Waals surface area (Å²) in [6.07, 6.45) is 5.59. The first-order chi connectivity index (χ1) is 15.5. The van der Waals surface area contributed by atoms with E-state index in [4.69, 9.17) is 4.74 Å². The van der Waals surface area contributed by atoms with Gasteiger partial charge in [0.1, 0.15) is 5.75 Å². The Hall–Kier alpha value is -2.77. The number of fused-ring (bicyclic) bond motifs is 1. The first kappa shape index (κ1) is 22.4. The van der Waals surface area contributed by atoms with E-state index in [2.05, 4.69) is 22.5 Å². The second-order valence-corrected chi connectivity index (χ2v) is 9.27. The molecule has 2 amide bonds. The number of rotatable bonds is 6. The van der Waals surface area contributed by atoms with Gasteiger partial charge in [-0.15, -0.1) is 0 Å². The molecule has 0 bridgehead atoms. The van der Waals surface area contributed by atoms with Crippen LogP contribution in [-0.2, 0) is 4.79 Å². The molecule has 2 aliphatic rings. The molecule has 1 atom stereocenters. The highest BCUT2D eigenvalue weighted by atomic mass is 32.2. The molecular weight excluding hydrogens is 422 g/mol. The highest BCUT2D eigenvalue weighted by Crippen LogP contribution is 2.39. The first-order valence-electron chi connectivity index (χ1n) is 11.0. The van der Waals surface area contributed by atoms with Crippen molar-refractivity contribution in [2.75, 3.05) is 32.1 Å². The Bertz CT molecular complexity index is 1040. The van der Waals surface area contributed by atoms with E-state index in [1.807, 2.05) is 42.5 Å². The number of amides is 2. The molecule has 1 saturated heterocycles. The standard InChI is InChI=1S/C25H29N3O3S/c1-17-6-3-4-12-28(17)13-11-26-24(29)19-9-10-22-21(16-19)27-25(30)23(32-22)15-18-7-5-8-20(14-18)31-2/h5,7-10,14-17H,3-4,6,11-13H2,1-2H3,(H,26,29)(H,27,30)/b23-15+/t17-/m0/s1. The molecule has 2 aromatic rings. The lowest BCUT2D eigenvalue weighted by Crippen LogP contribution is -2.42. The number of benzene rings is 2. The summed E-state index contributed by atoms with van der Waals surface area (Å²) in [6.45, 7) is 4.84. The van der Waals surface area contributed by atoms with Crippen molar-refractivity contribution >= 4 is 35.3 Å². The topological polar surface area (TPSA) is 70.7 Å². The second kappa shape index (κ2) is 10.2. The molecule has 0 saturated carbocycles. The fraction of sp³-hybridized carbons (Fsp3) is 0.360. The lowest BCUT2D eigenvalue weighted by atomic mass is 10.0. The number of thioether (sulfide) groups is 1. The maximum Gasteiger partial charge on any atom is 0.262 e. The number of hydrogen-bond acceptors (Lipinski definition) is 5. The smallest absolute Gasteiger partial charge is 0.262 e. The number of carbonyl (C=O) groups excluding carboxylic acids is 2. The first-order valence-corrected chi connectivity index (χ1v) is 11.9. The molecule has 0 aliphatic carbocycles. The van der Waals surface area contributed by atoms with Crippen LogP contribution in [0.15, 0.2) is 52.3 Å². The van der Waals surface area contributed by atoms with Crippen molar-refractivity contribution in [2.45, 2.75) is 37.1 Å². The maximum atomic E-state index is 12.6. The van der Waals surface area contributed by atoms with Gasteiger partial charge in [0.05, 0.1) is 17.7 Å². The number of ether oxygens (including phenoxy) is 1. The third kappa shape index (κ3) is 5.34. The van der Waals surface area contributed by atoms with Crippen molar-refractivity contribution in [2.24, 2.45) is 0 Å². The minimum Gasteiger partial charge on any atom is -0.497 e. The molecule has 2 aromatic carbocycles. The van der Waals surface area contributed by atoms with E-state index in [0.29, 0.717) is 28.7 Å². The zero-order valence-corrected chi connectivity index (χ0v) is 19.3. The maximum absolute atomic E-state index is 12.6. The fourth-order valence-electron chi connectivity index (χ4n) is 4.09. The third-order valence-electron chi connectivity index (χ3n) is 5.95. The van der Waals surface area contributed by atoms with E-state index >= 15 is 0 Å². The van der Waals surface area contributed by atoms with E-state index in [9.17, 15) is 9.59 Å². The van der Waals surface area contributed by atoms with Crippen LogP contribution in [0.25, 0.3) is 6.08 Å². The summed E-state index contributed by atoms with van der Waals surface area (Å²) < 4.78 is 5.25. The van der Waals surface area contributed by atoms with Crippen LogP contribution >= 0.6 is 11.8 Å². The van der Waals surface area contributed by atoms with Crippen molar-refractivity contribution in [3.05, 3.63) is 58.5 Å². The van der Waals surface area contributed by atoms with Gasteiger partial charge in [-0.25, -0.2) is 0 Å². The fourth-order valence-corrected chi connectivity index (χ4v) is 5.02. The predicted molar refractivity (Wildman–Crippen MR) is 129 cm³/mol.